The van der Waals surface area contributed by atoms with E-state index in [-0.39, 0.29) is 34.9 Å². The molecule has 3 nitrogen and oxygen atoms in total. The second kappa shape index (κ2) is 4.31. The van der Waals surface area contributed by atoms with Crippen LogP contribution in [0.1, 0.15) is 19.8 Å². The molecular formula is C16H15NO2. The first-order chi connectivity index (χ1) is 9.11. The number of nitriles is 1. The first kappa shape index (κ1) is 12.1. The van der Waals surface area contributed by atoms with E-state index in [4.69, 9.17) is 5.26 Å². The van der Waals surface area contributed by atoms with Crippen LogP contribution in [-0.2, 0) is 9.59 Å². The van der Waals surface area contributed by atoms with Crippen LogP contribution in [0.15, 0.2) is 35.5 Å². The standard InChI is InChI=1S/C16H15NO2/c1-9-13-5-3-10-2-4-12(18)7-14(10)15(13)6-11(8-17)16(9)19/h2,4,6-7,9-10,13,15H,3,5H2,1H3/t9-,10?,13-,15?/m1/s1. The van der Waals surface area contributed by atoms with E-state index in [1.807, 2.05) is 19.1 Å². The number of hydrogen-bond donors (Lipinski definition) is 0. The average Bonchev–Trinajstić information content (AvgIpc) is 2.42. The molecule has 1 saturated carbocycles. The summed E-state index contributed by atoms with van der Waals surface area (Å²) in [6.45, 7) is 1.91. The minimum atomic E-state index is -0.118. The van der Waals surface area contributed by atoms with E-state index in [0.29, 0.717) is 5.92 Å². The molecule has 0 heterocycles. The van der Waals surface area contributed by atoms with Crippen molar-refractivity contribution < 1.29 is 9.59 Å². The Morgan fingerprint density at radius 1 is 1.32 bits per heavy atom. The molecule has 0 spiro atoms. The lowest BCUT2D eigenvalue weighted by molar-refractivity contribution is -0.121. The lowest BCUT2D eigenvalue weighted by Crippen LogP contribution is -2.38. The summed E-state index contributed by atoms with van der Waals surface area (Å²) in [7, 11) is 0. The normalized spacial score (nSPS) is 36.8. The lowest BCUT2D eigenvalue weighted by atomic mass is 9.61. The molecule has 3 aliphatic carbocycles. The van der Waals surface area contributed by atoms with E-state index >= 15 is 0 Å². The SMILES string of the molecule is C[C@H]1C(=O)C(C#N)=CC2C3=CC(=O)C=CC3CC[C@@H]21. The number of nitrogens with zero attached hydrogens (tertiary/aromatic N) is 1. The van der Waals surface area contributed by atoms with Crippen LogP contribution in [-0.4, -0.2) is 11.6 Å². The molecule has 0 bridgehead atoms. The van der Waals surface area contributed by atoms with Crippen LogP contribution in [0.4, 0.5) is 0 Å². The van der Waals surface area contributed by atoms with E-state index in [0.717, 1.165) is 18.4 Å². The molecule has 2 unspecified atom stereocenters. The summed E-state index contributed by atoms with van der Waals surface area (Å²) < 4.78 is 0. The topological polar surface area (TPSA) is 57.9 Å². The second-order valence-electron chi connectivity index (χ2n) is 5.62. The molecular weight excluding hydrogens is 238 g/mol. The maximum Gasteiger partial charge on any atom is 0.178 e. The van der Waals surface area contributed by atoms with Gasteiger partial charge in [-0.1, -0.05) is 24.6 Å². The van der Waals surface area contributed by atoms with E-state index in [1.54, 1.807) is 18.2 Å². The van der Waals surface area contributed by atoms with Crippen LogP contribution >= 0.6 is 0 Å². The lowest BCUT2D eigenvalue weighted by Gasteiger charge is -2.42. The third-order valence-electron chi connectivity index (χ3n) is 4.67. The van der Waals surface area contributed by atoms with Crippen LogP contribution in [0.25, 0.3) is 0 Å². The Morgan fingerprint density at radius 2 is 2.11 bits per heavy atom. The highest BCUT2D eigenvalue weighted by Gasteiger charge is 2.42. The summed E-state index contributed by atoms with van der Waals surface area (Å²) in [6.07, 6.45) is 9.06. The van der Waals surface area contributed by atoms with Crippen LogP contribution in [0.3, 0.4) is 0 Å². The summed E-state index contributed by atoms with van der Waals surface area (Å²) in [5.74, 6) is 0.480. The zero-order valence-electron chi connectivity index (χ0n) is 10.8. The van der Waals surface area contributed by atoms with Gasteiger partial charge in [0.25, 0.3) is 0 Å². The van der Waals surface area contributed by atoms with Crippen molar-refractivity contribution in [1.82, 2.24) is 0 Å². The summed E-state index contributed by atoms with van der Waals surface area (Å²) in [5, 5.41) is 9.08. The molecule has 19 heavy (non-hydrogen) atoms. The molecule has 96 valence electrons. The summed E-state index contributed by atoms with van der Waals surface area (Å²) in [6, 6.07) is 2.01. The van der Waals surface area contributed by atoms with E-state index < -0.39 is 0 Å². The summed E-state index contributed by atoms with van der Waals surface area (Å²) in [4.78, 5) is 23.6. The van der Waals surface area contributed by atoms with Crippen molar-refractivity contribution in [1.29, 1.82) is 5.26 Å². The van der Waals surface area contributed by atoms with Gasteiger partial charge in [0.2, 0.25) is 0 Å². The number of carbonyl (C=O) groups excluding carboxylic acids is 2. The Hall–Kier alpha value is -1.95. The van der Waals surface area contributed by atoms with Crippen LogP contribution in [0.5, 0.6) is 0 Å². The van der Waals surface area contributed by atoms with Gasteiger partial charge in [0.1, 0.15) is 6.07 Å². The summed E-state index contributed by atoms with van der Waals surface area (Å²) in [5.41, 5.74) is 1.35. The molecule has 1 fully saturated rings. The molecule has 0 amide bonds. The molecule has 3 heteroatoms. The minimum absolute atomic E-state index is 0.0170. The zero-order chi connectivity index (χ0) is 13.6. The zero-order valence-corrected chi connectivity index (χ0v) is 10.8. The van der Waals surface area contributed by atoms with Gasteiger partial charge in [-0.3, -0.25) is 9.59 Å². The van der Waals surface area contributed by atoms with Crippen molar-refractivity contribution >= 4 is 11.6 Å². The third kappa shape index (κ3) is 1.79. The third-order valence-corrected chi connectivity index (χ3v) is 4.67. The number of allylic oxidation sites excluding steroid dienone is 6. The van der Waals surface area contributed by atoms with Crippen LogP contribution < -0.4 is 0 Å². The Labute approximate surface area is 112 Å². The highest BCUT2D eigenvalue weighted by atomic mass is 16.1. The largest absolute Gasteiger partial charge is 0.293 e. The fourth-order valence-corrected chi connectivity index (χ4v) is 3.62. The van der Waals surface area contributed by atoms with Gasteiger partial charge in [-0.05, 0) is 36.8 Å². The highest BCUT2D eigenvalue weighted by molar-refractivity contribution is 6.03. The van der Waals surface area contributed by atoms with Gasteiger partial charge in [0.05, 0.1) is 5.57 Å². The quantitative estimate of drug-likeness (QED) is 0.666. The van der Waals surface area contributed by atoms with Gasteiger partial charge >= 0.3 is 0 Å². The first-order valence-electron chi connectivity index (χ1n) is 6.71. The van der Waals surface area contributed by atoms with Crippen molar-refractivity contribution in [2.75, 3.05) is 0 Å². The average molecular weight is 253 g/mol. The first-order valence-corrected chi connectivity index (χ1v) is 6.71. The van der Waals surface area contributed by atoms with Crippen molar-refractivity contribution in [2.24, 2.45) is 23.7 Å². The maximum absolute atomic E-state index is 12.0. The number of Topliss-reactive ketones (excluding diaryl/α,β-unsaturated/α-hetero) is 1. The molecule has 4 atom stereocenters. The van der Waals surface area contributed by atoms with Crippen molar-refractivity contribution in [3.05, 3.63) is 35.5 Å². The number of carbonyl (C=O) groups is 2. The molecule has 3 aliphatic rings. The Morgan fingerprint density at radius 3 is 2.84 bits per heavy atom. The predicted octanol–water partition coefficient (Wildman–Crippen LogP) is 2.36. The number of fused-ring (bicyclic) bond motifs is 3. The molecule has 0 aliphatic heterocycles. The van der Waals surface area contributed by atoms with Gasteiger partial charge in [0, 0.05) is 11.8 Å². The summed E-state index contributed by atoms with van der Waals surface area (Å²) >= 11 is 0. The monoisotopic (exact) mass is 253 g/mol. The minimum Gasteiger partial charge on any atom is -0.293 e. The van der Waals surface area contributed by atoms with Gasteiger partial charge in [0.15, 0.2) is 11.6 Å². The van der Waals surface area contributed by atoms with Gasteiger partial charge in [-0.25, -0.2) is 0 Å². The Balaban J connectivity index is 2.06. The molecule has 0 aromatic rings. The van der Waals surface area contributed by atoms with Gasteiger partial charge in [-0.15, -0.1) is 0 Å². The fraction of sp³-hybridized carbons (Fsp3) is 0.438. The van der Waals surface area contributed by atoms with Gasteiger partial charge in [-0.2, -0.15) is 5.26 Å². The number of hydrogen-bond acceptors (Lipinski definition) is 3. The molecule has 0 N–H and O–H groups in total. The van der Waals surface area contributed by atoms with E-state index in [1.165, 1.54) is 0 Å². The number of ketones is 2. The Kier molecular flexibility index (Phi) is 2.74. The van der Waals surface area contributed by atoms with Crippen molar-refractivity contribution in [3.63, 3.8) is 0 Å². The van der Waals surface area contributed by atoms with Gasteiger partial charge < -0.3 is 0 Å². The number of rotatable bonds is 0. The second-order valence-corrected chi connectivity index (χ2v) is 5.62. The van der Waals surface area contributed by atoms with Crippen LogP contribution in [0, 0.1) is 35.0 Å². The predicted molar refractivity (Wildman–Crippen MR) is 69.8 cm³/mol. The van der Waals surface area contributed by atoms with Crippen LogP contribution in [0.2, 0.25) is 0 Å². The molecule has 0 aromatic heterocycles. The van der Waals surface area contributed by atoms with E-state index in [9.17, 15) is 9.59 Å². The van der Waals surface area contributed by atoms with Crippen molar-refractivity contribution in [2.45, 2.75) is 19.8 Å². The molecule has 3 rings (SSSR count). The van der Waals surface area contributed by atoms with Crippen molar-refractivity contribution in [3.8, 4) is 6.07 Å². The molecule has 0 aromatic carbocycles. The smallest absolute Gasteiger partial charge is 0.178 e. The molecule has 0 saturated heterocycles. The maximum atomic E-state index is 12.0. The fourth-order valence-electron chi connectivity index (χ4n) is 3.62. The highest BCUT2D eigenvalue weighted by Crippen LogP contribution is 2.47. The molecule has 0 radical (unpaired) electrons. The van der Waals surface area contributed by atoms with E-state index in [2.05, 4.69) is 0 Å². The Bertz CT molecular complexity index is 588.